The maximum absolute atomic E-state index is 11.2. The van der Waals surface area contributed by atoms with E-state index in [1.54, 1.807) is 6.92 Å². The summed E-state index contributed by atoms with van der Waals surface area (Å²) in [6, 6.07) is 9.32. The predicted molar refractivity (Wildman–Crippen MR) is 76.1 cm³/mol. The summed E-state index contributed by atoms with van der Waals surface area (Å²) in [6.45, 7) is 1.96. The van der Waals surface area contributed by atoms with Gasteiger partial charge in [0.2, 0.25) is 5.82 Å². The molecule has 0 saturated carbocycles. The standard InChI is InChI=1S/C12H12N4O3S/c1-2-18-12(17)14-11(20)13-10-9(15-19-16-10)8-6-4-3-5-7-8/h3-7H,2H2,1H3,(H2,13,14,16,17,20). The monoisotopic (exact) mass is 292 g/mol. The van der Waals surface area contributed by atoms with Gasteiger partial charge in [0.15, 0.2) is 10.8 Å². The Morgan fingerprint density at radius 2 is 2.10 bits per heavy atom. The van der Waals surface area contributed by atoms with E-state index in [4.69, 9.17) is 17.0 Å². The van der Waals surface area contributed by atoms with Crippen molar-refractivity contribution in [2.75, 3.05) is 11.9 Å². The highest BCUT2D eigenvalue weighted by atomic mass is 32.1. The van der Waals surface area contributed by atoms with Gasteiger partial charge in [0.1, 0.15) is 0 Å². The number of hydrogen-bond donors (Lipinski definition) is 2. The third-order valence-corrected chi connectivity index (χ3v) is 2.46. The Balaban J connectivity index is 2.06. The second kappa shape index (κ2) is 6.62. The number of nitrogens with zero attached hydrogens (tertiary/aromatic N) is 2. The number of rotatable bonds is 3. The summed E-state index contributed by atoms with van der Waals surface area (Å²) in [5, 5.41) is 12.6. The molecule has 7 nitrogen and oxygen atoms in total. The van der Waals surface area contributed by atoms with Gasteiger partial charge in [-0.3, -0.25) is 5.32 Å². The van der Waals surface area contributed by atoms with Crippen LogP contribution in [-0.4, -0.2) is 28.1 Å². The molecule has 0 spiro atoms. The number of benzene rings is 1. The lowest BCUT2D eigenvalue weighted by Crippen LogP contribution is -2.34. The number of nitrogens with one attached hydrogen (secondary N) is 2. The number of anilines is 1. The highest BCUT2D eigenvalue weighted by Gasteiger charge is 2.14. The van der Waals surface area contributed by atoms with Crippen LogP contribution in [0.4, 0.5) is 10.6 Å². The average Bonchev–Trinajstić information content (AvgIpc) is 2.87. The number of amides is 1. The Bertz CT molecular complexity index is 600. The van der Waals surface area contributed by atoms with Gasteiger partial charge in [-0.2, -0.15) is 0 Å². The molecule has 1 amide bonds. The van der Waals surface area contributed by atoms with Crippen molar-refractivity contribution in [3.8, 4) is 11.3 Å². The molecule has 104 valence electrons. The lowest BCUT2D eigenvalue weighted by molar-refractivity contribution is 0.158. The molecule has 0 bridgehead atoms. The van der Waals surface area contributed by atoms with Crippen LogP contribution in [0.1, 0.15) is 6.92 Å². The molecule has 0 unspecified atom stereocenters. The van der Waals surface area contributed by atoms with E-state index in [-0.39, 0.29) is 11.7 Å². The largest absolute Gasteiger partial charge is 0.450 e. The lowest BCUT2D eigenvalue weighted by Gasteiger charge is -2.07. The second-order valence-corrected chi connectivity index (χ2v) is 4.04. The Labute approximate surface area is 120 Å². The van der Waals surface area contributed by atoms with Crippen molar-refractivity contribution in [3.05, 3.63) is 30.3 Å². The molecule has 1 heterocycles. The number of carbonyl (C=O) groups is 1. The first-order valence-electron chi connectivity index (χ1n) is 5.83. The van der Waals surface area contributed by atoms with E-state index in [2.05, 4.69) is 25.6 Å². The number of ether oxygens (including phenoxy) is 1. The SMILES string of the molecule is CCOC(=O)NC(=S)Nc1nonc1-c1ccccc1. The number of alkyl carbamates (subject to hydrolysis) is 1. The summed E-state index contributed by atoms with van der Waals surface area (Å²) < 4.78 is 9.40. The van der Waals surface area contributed by atoms with Gasteiger partial charge in [-0.05, 0) is 29.5 Å². The zero-order chi connectivity index (χ0) is 14.4. The highest BCUT2D eigenvalue weighted by Crippen LogP contribution is 2.23. The molecule has 0 fully saturated rings. The van der Waals surface area contributed by atoms with Crippen molar-refractivity contribution < 1.29 is 14.2 Å². The maximum Gasteiger partial charge on any atom is 0.413 e. The van der Waals surface area contributed by atoms with Gasteiger partial charge < -0.3 is 10.1 Å². The Morgan fingerprint density at radius 1 is 1.35 bits per heavy atom. The van der Waals surface area contributed by atoms with E-state index in [9.17, 15) is 4.79 Å². The quantitative estimate of drug-likeness (QED) is 0.838. The molecule has 1 aromatic heterocycles. The van der Waals surface area contributed by atoms with Crippen LogP contribution in [0.15, 0.2) is 35.0 Å². The molecule has 2 rings (SSSR count). The highest BCUT2D eigenvalue weighted by molar-refractivity contribution is 7.80. The van der Waals surface area contributed by atoms with Crippen molar-refractivity contribution in [3.63, 3.8) is 0 Å². The molecule has 0 radical (unpaired) electrons. The van der Waals surface area contributed by atoms with Crippen LogP contribution in [0.5, 0.6) is 0 Å². The van der Waals surface area contributed by atoms with Gasteiger partial charge in [0.25, 0.3) is 0 Å². The second-order valence-electron chi connectivity index (χ2n) is 3.63. The smallest absolute Gasteiger partial charge is 0.413 e. The molecule has 0 aliphatic heterocycles. The van der Waals surface area contributed by atoms with Crippen LogP contribution >= 0.6 is 12.2 Å². The summed E-state index contributed by atoms with van der Waals surface area (Å²) in [5.74, 6) is 0.318. The molecule has 2 N–H and O–H groups in total. The number of hydrogen-bond acceptors (Lipinski definition) is 6. The minimum absolute atomic E-state index is 0.0522. The first-order chi connectivity index (χ1) is 9.70. The summed E-state index contributed by atoms with van der Waals surface area (Å²) in [5.41, 5.74) is 1.31. The predicted octanol–water partition coefficient (Wildman–Crippen LogP) is 2.18. The van der Waals surface area contributed by atoms with E-state index in [1.807, 2.05) is 30.3 Å². The zero-order valence-electron chi connectivity index (χ0n) is 10.6. The van der Waals surface area contributed by atoms with Crippen molar-refractivity contribution >= 4 is 29.2 Å². The molecular weight excluding hydrogens is 280 g/mol. The Kier molecular flexibility index (Phi) is 4.61. The molecular formula is C12H12N4O3S. The third kappa shape index (κ3) is 3.51. The first-order valence-corrected chi connectivity index (χ1v) is 6.24. The van der Waals surface area contributed by atoms with E-state index in [0.29, 0.717) is 11.5 Å². The first kappa shape index (κ1) is 13.9. The van der Waals surface area contributed by atoms with Gasteiger partial charge in [-0.1, -0.05) is 30.3 Å². The fourth-order valence-corrected chi connectivity index (χ4v) is 1.63. The van der Waals surface area contributed by atoms with Gasteiger partial charge in [0, 0.05) is 5.56 Å². The fraction of sp³-hybridized carbons (Fsp3) is 0.167. The van der Waals surface area contributed by atoms with E-state index < -0.39 is 6.09 Å². The van der Waals surface area contributed by atoms with Crippen molar-refractivity contribution in [2.45, 2.75) is 6.92 Å². The molecule has 0 saturated heterocycles. The molecule has 2 aromatic rings. The van der Waals surface area contributed by atoms with E-state index in [1.165, 1.54) is 0 Å². The number of thiocarbonyl (C=S) groups is 1. The summed E-state index contributed by atoms with van der Waals surface area (Å²) in [7, 11) is 0. The summed E-state index contributed by atoms with van der Waals surface area (Å²) in [6.07, 6.45) is -0.636. The Hall–Kier alpha value is -2.48. The normalized spacial score (nSPS) is 9.85. The number of carbonyl (C=O) groups excluding carboxylic acids is 1. The van der Waals surface area contributed by atoms with Crippen LogP contribution in [0.25, 0.3) is 11.3 Å². The van der Waals surface area contributed by atoms with Crippen molar-refractivity contribution in [1.29, 1.82) is 0 Å². The summed E-state index contributed by atoms with van der Waals surface area (Å²) in [4.78, 5) is 11.2. The fourth-order valence-electron chi connectivity index (χ4n) is 1.45. The van der Waals surface area contributed by atoms with Crippen LogP contribution in [0.3, 0.4) is 0 Å². The molecule has 20 heavy (non-hydrogen) atoms. The molecule has 0 aliphatic rings. The molecule has 0 atom stereocenters. The minimum atomic E-state index is -0.636. The van der Waals surface area contributed by atoms with Crippen LogP contribution in [0.2, 0.25) is 0 Å². The molecule has 1 aromatic carbocycles. The summed E-state index contributed by atoms with van der Waals surface area (Å²) >= 11 is 4.97. The van der Waals surface area contributed by atoms with Crippen LogP contribution in [-0.2, 0) is 4.74 Å². The maximum atomic E-state index is 11.2. The zero-order valence-corrected chi connectivity index (χ0v) is 11.4. The lowest BCUT2D eigenvalue weighted by atomic mass is 10.1. The molecule has 0 aliphatic carbocycles. The third-order valence-electron chi connectivity index (χ3n) is 2.26. The van der Waals surface area contributed by atoms with Crippen molar-refractivity contribution in [1.82, 2.24) is 15.6 Å². The van der Waals surface area contributed by atoms with Crippen LogP contribution in [0, 0.1) is 0 Å². The van der Waals surface area contributed by atoms with Gasteiger partial charge in [0.05, 0.1) is 6.61 Å². The van der Waals surface area contributed by atoms with Gasteiger partial charge >= 0.3 is 6.09 Å². The topological polar surface area (TPSA) is 89.3 Å². The van der Waals surface area contributed by atoms with Crippen LogP contribution < -0.4 is 10.6 Å². The van der Waals surface area contributed by atoms with E-state index >= 15 is 0 Å². The van der Waals surface area contributed by atoms with Gasteiger partial charge in [-0.15, -0.1) is 0 Å². The van der Waals surface area contributed by atoms with Crippen molar-refractivity contribution in [2.24, 2.45) is 0 Å². The Morgan fingerprint density at radius 3 is 2.80 bits per heavy atom. The van der Waals surface area contributed by atoms with E-state index in [0.717, 1.165) is 5.56 Å². The minimum Gasteiger partial charge on any atom is -0.450 e. The average molecular weight is 292 g/mol. The number of aromatic nitrogens is 2. The molecule has 8 heteroatoms. The van der Waals surface area contributed by atoms with Gasteiger partial charge in [-0.25, -0.2) is 9.42 Å².